The van der Waals surface area contributed by atoms with Crippen LogP contribution >= 0.6 is 0 Å². The van der Waals surface area contributed by atoms with Gasteiger partial charge >= 0.3 is 0 Å². The molecule has 0 radical (unpaired) electrons. The first-order valence-electron chi connectivity index (χ1n) is 6.41. The highest BCUT2D eigenvalue weighted by Crippen LogP contribution is 2.25. The minimum atomic E-state index is -0.376. The summed E-state index contributed by atoms with van der Waals surface area (Å²) in [5, 5.41) is 22.1. The van der Waals surface area contributed by atoms with Crippen LogP contribution in [-0.4, -0.2) is 15.2 Å². The van der Waals surface area contributed by atoms with Gasteiger partial charge < -0.3 is 0 Å². The number of benzene rings is 1. The summed E-state index contributed by atoms with van der Waals surface area (Å²) < 4.78 is 0. The number of aromatic amines is 2. The molecule has 3 aromatic rings. The first kappa shape index (κ1) is 13.5. The van der Waals surface area contributed by atoms with E-state index in [0.29, 0.717) is 16.9 Å². The Morgan fingerprint density at radius 2 is 2.05 bits per heavy atom. The second-order valence-electron chi connectivity index (χ2n) is 4.41. The number of hydrogen-bond acceptors (Lipinski definition) is 5. The van der Waals surface area contributed by atoms with E-state index < -0.39 is 0 Å². The summed E-state index contributed by atoms with van der Waals surface area (Å²) in [7, 11) is 0. The van der Waals surface area contributed by atoms with Gasteiger partial charge in [0, 0.05) is 18.0 Å². The third-order valence-corrected chi connectivity index (χ3v) is 2.94. The van der Waals surface area contributed by atoms with Crippen LogP contribution in [0.5, 0.6) is 0 Å². The van der Waals surface area contributed by atoms with E-state index in [1.54, 1.807) is 48.8 Å². The van der Waals surface area contributed by atoms with Crippen molar-refractivity contribution >= 4 is 11.4 Å². The van der Waals surface area contributed by atoms with Gasteiger partial charge in [-0.05, 0) is 30.3 Å². The number of azo groups is 1. The largest absolute Gasteiger partial charge is 0.295 e. The fourth-order valence-electron chi connectivity index (χ4n) is 1.91. The molecule has 7 nitrogen and oxygen atoms in total. The number of pyridine rings is 1. The molecule has 3 rings (SSSR count). The Morgan fingerprint density at radius 3 is 2.82 bits per heavy atom. The van der Waals surface area contributed by atoms with Crippen molar-refractivity contribution in [3.05, 3.63) is 64.7 Å². The lowest BCUT2D eigenvalue weighted by Crippen LogP contribution is -1.96. The third kappa shape index (κ3) is 2.66. The van der Waals surface area contributed by atoms with E-state index in [1.807, 2.05) is 6.07 Å². The van der Waals surface area contributed by atoms with E-state index in [1.165, 1.54) is 0 Å². The van der Waals surface area contributed by atoms with Gasteiger partial charge in [-0.25, -0.2) is 0 Å². The Balaban J connectivity index is 1.99. The highest BCUT2D eigenvalue weighted by Gasteiger charge is 2.11. The van der Waals surface area contributed by atoms with Crippen molar-refractivity contribution in [3.63, 3.8) is 0 Å². The van der Waals surface area contributed by atoms with Gasteiger partial charge in [0.2, 0.25) is 0 Å². The number of nitrogens with one attached hydrogen (secondary N) is 2. The van der Waals surface area contributed by atoms with Gasteiger partial charge in [0.1, 0.15) is 0 Å². The Labute approximate surface area is 125 Å². The molecule has 0 saturated carbocycles. The van der Waals surface area contributed by atoms with Gasteiger partial charge in [-0.1, -0.05) is 6.07 Å². The number of nitrogens with zero attached hydrogens (tertiary/aromatic N) is 4. The van der Waals surface area contributed by atoms with E-state index in [4.69, 9.17) is 5.26 Å². The minimum absolute atomic E-state index is 0.162. The number of hydrogen-bond donors (Lipinski definition) is 2. The second kappa shape index (κ2) is 5.85. The Hall–Kier alpha value is -3.53. The van der Waals surface area contributed by atoms with Gasteiger partial charge in [0.05, 0.1) is 23.0 Å². The smallest absolute Gasteiger partial charge is 0.292 e. The molecule has 0 aliphatic heterocycles. The first-order valence-corrected chi connectivity index (χ1v) is 6.41. The zero-order valence-corrected chi connectivity index (χ0v) is 11.3. The monoisotopic (exact) mass is 290 g/mol. The second-order valence-corrected chi connectivity index (χ2v) is 4.41. The van der Waals surface area contributed by atoms with Gasteiger partial charge in [-0.2, -0.15) is 10.4 Å². The molecule has 0 unspecified atom stereocenters. The lowest BCUT2D eigenvalue weighted by molar-refractivity contribution is 1.06. The van der Waals surface area contributed by atoms with Gasteiger partial charge in [0.15, 0.2) is 5.69 Å². The standard InChI is InChI=1S/C15H10N6O/c16-8-10-3-1-5-12(7-10)18-20-14-13(19-21-15(14)22)11-4-2-6-17-9-11/h1-7,9H,(H2,19,21,22). The Bertz CT molecular complexity index is 917. The van der Waals surface area contributed by atoms with Crippen LogP contribution in [-0.2, 0) is 0 Å². The summed E-state index contributed by atoms with van der Waals surface area (Å²) in [6, 6.07) is 12.3. The molecular weight excluding hydrogens is 280 g/mol. The van der Waals surface area contributed by atoms with E-state index >= 15 is 0 Å². The fourth-order valence-corrected chi connectivity index (χ4v) is 1.91. The molecule has 0 aliphatic carbocycles. The molecule has 0 atom stereocenters. The minimum Gasteiger partial charge on any atom is -0.295 e. The molecule has 2 heterocycles. The van der Waals surface area contributed by atoms with E-state index in [9.17, 15) is 4.79 Å². The maximum Gasteiger partial charge on any atom is 0.292 e. The Morgan fingerprint density at radius 1 is 1.14 bits per heavy atom. The average Bonchev–Trinajstić information content (AvgIpc) is 2.95. The summed E-state index contributed by atoms with van der Waals surface area (Å²) in [5.41, 5.74) is 2.00. The normalized spacial score (nSPS) is 10.7. The van der Waals surface area contributed by atoms with Crippen molar-refractivity contribution in [1.29, 1.82) is 5.26 Å². The van der Waals surface area contributed by atoms with E-state index in [0.717, 1.165) is 5.56 Å². The Kier molecular flexibility index (Phi) is 3.58. The fraction of sp³-hybridized carbons (Fsp3) is 0. The number of rotatable bonds is 3. The van der Waals surface area contributed by atoms with Crippen LogP contribution in [0.2, 0.25) is 0 Å². The molecular formula is C15H10N6O. The van der Waals surface area contributed by atoms with Crippen molar-refractivity contribution in [3.8, 4) is 17.3 Å². The molecule has 0 amide bonds. The summed E-state index contributed by atoms with van der Waals surface area (Å²) in [6.07, 6.45) is 3.26. The van der Waals surface area contributed by atoms with Crippen molar-refractivity contribution in [2.24, 2.45) is 10.2 Å². The predicted octanol–water partition coefficient (Wildman–Crippen LogP) is 3.05. The topological polar surface area (TPSA) is 110 Å². The third-order valence-electron chi connectivity index (χ3n) is 2.94. The highest BCUT2D eigenvalue weighted by molar-refractivity contribution is 5.70. The summed E-state index contributed by atoms with van der Waals surface area (Å²) >= 11 is 0. The number of H-pyrrole nitrogens is 2. The molecule has 106 valence electrons. The molecule has 0 spiro atoms. The molecule has 0 fully saturated rings. The van der Waals surface area contributed by atoms with Crippen LogP contribution in [0.15, 0.2) is 63.8 Å². The molecule has 0 bridgehead atoms. The summed E-state index contributed by atoms with van der Waals surface area (Å²) in [6.45, 7) is 0. The summed E-state index contributed by atoms with van der Waals surface area (Å²) in [5.74, 6) is 0. The van der Waals surface area contributed by atoms with Gasteiger partial charge in [-0.3, -0.25) is 20.0 Å². The van der Waals surface area contributed by atoms with Crippen molar-refractivity contribution in [1.82, 2.24) is 15.2 Å². The lowest BCUT2D eigenvalue weighted by Gasteiger charge is -1.97. The molecule has 0 aliphatic rings. The first-order chi connectivity index (χ1) is 10.8. The SMILES string of the molecule is N#Cc1cccc(N=Nc2c(-c3cccnc3)[nH][nH]c2=O)c1. The maximum absolute atomic E-state index is 11.8. The summed E-state index contributed by atoms with van der Waals surface area (Å²) in [4.78, 5) is 15.9. The number of aromatic nitrogens is 3. The van der Waals surface area contributed by atoms with Crippen LogP contribution < -0.4 is 5.56 Å². The zero-order chi connectivity index (χ0) is 15.4. The van der Waals surface area contributed by atoms with Crippen LogP contribution in [0.1, 0.15) is 5.56 Å². The highest BCUT2D eigenvalue weighted by atomic mass is 16.1. The van der Waals surface area contributed by atoms with Crippen LogP contribution in [0.3, 0.4) is 0 Å². The molecule has 1 aromatic carbocycles. The molecule has 22 heavy (non-hydrogen) atoms. The molecule has 0 saturated heterocycles. The predicted molar refractivity (Wildman–Crippen MR) is 80.0 cm³/mol. The lowest BCUT2D eigenvalue weighted by atomic mass is 10.2. The van der Waals surface area contributed by atoms with Crippen LogP contribution in [0.4, 0.5) is 11.4 Å². The van der Waals surface area contributed by atoms with Gasteiger partial charge in [-0.15, -0.1) is 5.11 Å². The molecule has 2 aromatic heterocycles. The maximum atomic E-state index is 11.8. The van der Waals surface area contributed by atoms with Crippen molar-refractivity contribution in [2.75, 3.05) is 0 Å². The van der Waals surface area contributed by atoms with E-state index in [-0.39, 0.29) is 11.2 Å². The van der Waals surface area contributed by atoms with E-state index in [2.05, 4.69) is 25.4 Å². The molecule has 7 heteroatoms. The van der Waals surface area contributed by atoms with Crippen molar-refractivity contribution < 1.29 is 0 Å². The van der Waals surface area contributed by atoms with Crippen molar-refractivity contribution in [2.45, 2.75) is 0 Å². The molecule has 2 N–H and O–H groups in total. The quantitative estimate of drug-likeness (QED) is 0.723. The average molecular weight is 290 g/mol. The van der Waals surface area contributed by atoms with Crippen LogP contribution in [0, 0.1) is 11.3 Å². The number of nitriles is 1. The zero-order valence-electron chi connectivity index (χ0n) is 11.3. The van der Waals surface area contributed by atoms with Gasteiger partial charge in [0.25, 0.3) is 5.56 Å². The van der Waals surface area contributed by atoms with Crippen LogP contribution in [0.25, 0.3) is 11.3 Å².